The maximum atomic E-state index is 4.51. The standard InChI is InChI=1S/C4H8O.2ClH/c1-3-4-5-2;;/h3-4H,1-2H3;2*1H. The minimum absolute atomic E-state index is 0. The summed E-state index contributed by atoms with van der Waals surface area (Å²) < 4.78 is 4.51. The Bertz CT molecular complexity index is 36.7. The molecule has 0 saturated heterocycles. The van der Waals surface area contributed by atoms with Crippen LogP contribution in [0, 0.1) is 0 Å². The molecule has 1 nitrogen and oxygen atoms in total. The van der Waals surface area contributed by atoms with Crippen molar-refractivity contribution >= 4 is 24.8 Å². The van der Waals surface area contributed by atoms with Crippen LogP contribution in [-0.2, 0) is 4.74 Å². The van der Waals surface area contributed by atoms with Crippen LogP contribution >= 0.6 is 24.8 Å². The van der Waals surface area contributed by atoms with E-state index in [-0.39, 0.29) is 24.8 Å². The second-order valence-corrected chi connectivity index (χ2v) is 0.705. The lowest BCUT2D eigenvalue weighted by Gasteiger charge is -1.76. The van der Waals surface area contributed by atoms with E-state index in [2.05, 4.69) is 4.74 Å². The van der Waals surface area contributed by atoms with Crippen LogP contribution in [0.15, 0.2) is 12.3 Å². The first kappa shape index (κ1) is 15.7. The molecule has 0 spiro atoms. The van der Waals surface area contributed by atoms with Gasteiger partial charge in [-0.2, -0.15) is 0 Å². The van der Waals surface area contributed by atoms with Crippen LogP contribution in [-0.4, -0.2) is 7.11 Å². The van der Waals surface area contributed by atoms with Crippen LogP contribution in [0.3, 0.4) is 0 Å². The molecule has 0 aromatic carbocycles. The lowest BCUT2D eigenvalue weighted by Crippen LogP contribution is -1.57. The molecule has 0 N–H and O–H groups in total. The fourth-order valence-electron chi connectivity index (χ4n) is 0.136. The van der Waals surface area contributed by atoms with Gasteiger partial charge in [0.15, 0.2) is 0 Å². The molecule has 0 unspecified atom stereocenters. The summed E-state index contributed by atoms with van der Waals surface area (Å²) in [7, 11) is 1.62. The molecule has 0 radical (unpaired) electrons. The van der Waals surface area contributed by atoms with E-state index in [1.165, 1.54) is 0 Å². The van der Waals surface area contributed by atoms with Gasteiger partial charge in [0.05, 0.1) is 13.4 Å². The number of hydrogen-bond acceptors (Lipinski definition) is 1. The van der Waals surface area contributed by atoms with E-state index < -0.39 is 0 Å². The number of hydrogen-bond donors (Lipinski definition) is 0. The molecule has 46 valence electrons. The fraction of sp³-hybridized carbons (Fsp3) is 0.500. The monoisotopic (exact) mass is 144 g/mol. The first-order valence-electron chi connectivity index (χ1n) is 1.55. The summed E-state index contributed by atoms with van der Waals surface area (Å²) in [6.45, 7) is 1.91. The molecular weight excluding hydrogens is 135 g/mol. The van der Waals surface area contributed by atoms with Gasteiger partial charge >= 0.3 is 0 Å². The van der Waals surface area contributed by atoms with Gasteiger partial charge in [-0.3, -0.25) is 0 Å². The minimum atomic E-state index is 0. The summed E-state index contributed by atoms with van der Waals surface area (Å²) in [5, 5.41) is 0. The Morgan fingerprint density at radius 2 is 1.71 bits per heavy atom. The van der Waals surface area contributed by atoms with E-state index in [1.54, 1.807) is 13.4 Å². The fourth-order valence-corrected chi connectivity index (χ4v) is 0.136. The number of halogens is 2. The van der Waals surface area contributed by atoms with Crippen molar-refractivity contribution in [2.75, 3.05) is 7.11 Å². The molecule has 7 heavy (non-hydrogen) atoms. The van der Waals surface area contributed by atoms with E-state index in [0.717, 1.165) is 0 Å². The summed E-state index contributed by atoms with van der Waals surface area (Å²) in [5.74, 6) is 0. The van der Waals surface area contributed by atoms with Crippen LogP contribution in [0.25, 0.3) is 0 Å². The van der Waals surface area contributed by atoms with Crippen molar-refractivity contribution in [1.82, 2.24) is 0 Å². The highest BCUT2D eigenvalue weighted by Crippen LogP contribution is 1.64. The molecule has 0 fully saturated rings. The highest BCUT2D eigenvalue weighted by atomic mass is 35.5. The molecule has 0 atom stereocenters. The van der Waals surface area contributed by atoms with Gasteiger partial charge in [0.2, 0.25) is 0 Å². The highest BCUT2D eigenvalue weighted by molar-refractivity contribution is 5.85. The molecule has 0 amide bonds. The maximum Gasteiger partial charge on any atom is 0.0781 e. The Morgan fingerprint density at radius 1 is 1.29 bits per heavy atom. The second kappa shape index (κ2) is 16.5. The molecule has 0 aliphatic heterocycles. The van der Waals surface area contributed by atoms with E-state index in [9.17, 15) is 0 Å². The van der Waals surface area contributed by atoms with E-state index in [1.807, 2.05) is 13.0 Å². The maximum absolute atomic E-state index is 4.51. The third-order valence-corrected chi connectivity index (χ3v) is 0.272. The summed E-state index contributed by atoms with van der Waals surface area (Å²) in [6.07, 6.45) is 3.46. The molecule has 0 aliphatic carbocycles. The average Bonchev–Trinajstić information content (AvgIpc) is 1.41. The predicted molar refractivity (Wildman–Crippen MR) is 36.3 cm³/mol. The number of allylic oxidation sites excluding steroid dienone is 1. The Kier molecular flexibility index (Phi) is 37.0. The number of ether oxygens (including phenoxy) is 1. The third-order valence-electron chi connectivity index (χ3n) is 0.272. The SMILES string of the molecule is CC=COC.Cl.Cl. The van der Waals surface area contributed by atoms with Crippen LogP contribution in [0.4, 0.5) is 0 Å². The van der Waals surface area contributed by atoms with Crippen molar-refractivity contribution in [1.29, 1.82) is 0 Å². The summed E-state index contributed by atoms with van der Waals surface area (Å²) in [6, 6.07) is 0. The molecule has 0 aromatic rings. The summed E-state index contributed by atoms with van der Waals surface area (Å²) in [5.41, 5.74) is 0. The van der Waals surface area contributed by atoms with Crippen molar-refractivity contribution in [3.8, 4) is 0 Å². The van der Waals surface area contributed by atoms with Gasteiger partial charge in [-0.1, -0.05) is 6.08 Å². The van der Waals surface area contributed by atoms with Gasteiger partial charge < -0.3 is 4.74 Å². The van der Waals surface area contributed by atoms with Crippen molar-refractivity contribution < 1.29 is 4.74 Å². The summed E-state index contributed by atoms with van der Waals surface area (Å²) in [4.78, 5) is 0. The topological polar surface area (TPSA) is 9.23 Å². The molecule has 0 rings (SSSR count). The summed E-state index contributed by atoms with van der Waals surface area (Å²) >= 11 is 0. The number of rotatable bonds is 1. The molecule has 0 bridgehead atoms. The zero-order valence-corrected chi connectivity index (χ0v) is 6.01. The van der Waals surface area contributed by atoms with Gasteiger partial charge in [0.1, 0.15) is 0 Å². The molecule has 3 heteroatoms. The number of methoxy groups -OCH3 is 1. The largest absolute Gasteiger partial charge is 0.505 e. The zero-order valence-electron chi connectivity index (χ0n) is 4.38. The highest BCUT2D eigenvalue weighted by Gasteiger charge is 1.47. The zero-order chi connectivity index (χ0) is 4.12. The first-order valence-corrected chi connectivity index (χ1v) is 1.55. The smallest absolute Gasteiger partial charge is 0.0781 e. The van der Waals surface area contributed by atoms with Crippen molar-refractivity contribution in [3.05, 3.63) is 12.3 Å². The van der Waals surface area contributed by atoms with Gasteiger partial charge in [0, 0.05) is 0 Å². The molecule has 0 aliphatic rings. The minimum Gasteiger partial charge on any atom is -0.505 e. The van der Waals surface area contributed by atoms with Crippen molar-refractivity contribution in [3.63, 3.8) is 0 Å². The third kappa shape index (κ3) is 23.1. The Balaban J connectivity index is -0.0000000800. The van der Waals surface area contributed by atoms with Gasteiger partial charge in [-0.25, -0.2) is 0 Å². The van der Waals surface area contributed by atoms with Crippen LogP contribution in [0.1, 0.15) is 6.92 Å². The second-order valence-electron chi connectivity index (χ2n) is 0.705. The van der Waals surface area contributed by atoms with Crippen LogP contribution in [0.2, 0.25) is 0 Å². The van der Waals surface area contributed by atoms with Gasteiger partial charge in [-0.05, 0) is 6.92 Å². The molecular formula is C4H10Cl2O. The van der Waals surface area contributed by atoms with Crippen molar-refractivity contribution in [2.24, 2.45) is 0 Å². The van der Waals surface area contributed by atoms with Gasteiger partial charge in [0.25, 0.3) is 0 Å². The van der Waals surface area contributed by atoms with Crippen LogP contribution < -0.4 is 0 Å². The first-order chi connectivity index (χ1) is 2.41. The van der Waals surface area contributed by atoms with E-state index in [4.69, 9.17) is 0 Å². The van der Waals surface area contributed by atoms with Gasteiger partial charge in [-0.15, -0.1) is 24.8 Å². The van der Waals surface area contributed by atoms with E-state index >= 15 is 0 Å². The predicted octanol–water partition coefficient (Wildman–Crippen LogP) is 2.01. The molecule has 0 saturated carbocycles. The Labute approximate surface area is 56.6 Å². The Hall–Kier alpha value is 0.120. The molecule has 0 aromatic heterocycles. The average molecular weight is 145 g/mol. The van der Waals surface area contributed by atoms with Crippen molar-refractivity contribution in [2.45, 2.75) is 6.92 Å². The van der Waals surface area contributed by atoms with Crippen LogP contribution in [0.5, 0.6) is 0 Å². The normalized spacial score (nSPS) is 6.57. The quantitative estimate of drug-likeness (QED) is 0.513. The van der Waals surface area contributed by atoms with E-state index in [0.29, 0.717) is 0 Å². The molecule has 0 heterocycles. The lowest BCUT2D eigenvalue weighted by molar-refractivity contribution is 0.337. The Morgan fingerprint density at radius 3 is 1.71 bits per heavy atom. The lowest BCUT2D eigenvalue weighted by atomic mass is 10.7.